The number of alkyl carbamates (subject to hydrolysis) is 1. The fourth-order valence-electron chi connectivity index (χ4n) is 1.95. The zero-order valence-electron chi connectivity index (χ0n) is 10.4. The van der Waals surface area contributed by atoms with Crippen LogP contribution in [-0.2, 0) is 4.74 Å². The molecule has 1 fully saturated rings. The monoisotopic (exact) mass is 273 g/mol. The third-order valence-corrected chi connectivity index (χ3v) is 2.82. The van der Waals surface area contributed by atoms with Gasteiger partial charge >= 0.3 is 12.0 Å². The minimum absolute atomic E-state index is 0.142. The average molecular weight is 273 g/mol. The normalized spacial score (nSPS) is 21.3. The number of hydrogen-bond acceptors (Lipinski definition) is 4. The number of carbonyl (C=O) groups excluding carboxylic acids is 1. The van der Waals surface area contributed by atoms with E-state index in [4.69, 9.17) is 9.47 Å². The number of hydrogen-bond donors (Lipinski definition) is 1. The molecule has 1 N–H and O–H groups in total. The standard InChI is InChI=1S/C12H13F2NO4/c1-17-8-5-3-4-7(9(8)18-2)10-12(13,14)6-19-11(16)15-10/h3-5,10H,6H2,1-2H3,(H,15,16)/t10-/m0/s1. The van der Waals surface area contributed by atoms with Crippen molar-refractivity contribution in [3.05, 3.63) is 23.8 Å². The van der Waals surface area contributed by atoms with Gasteiger partial charge < -0.3 is 19.5 Å². The predicted molar refractivity (Wildman–Crippen MR) is 61.7 cm³/mol. The summed E-state index contributed by atoms with van der Waals surface area (Å²) in [5, 5.41) is 2.10. The van der Waals surface area contributed by atoms with E-state index >= 15 is 0 Å². The Morgan fingerprint density at radius 1 is 1.37 bits per heavy atom. The van der Waals surface area contributed by atoms with Gasteiger partial charge in [0.1, 0.15) is 6.04 Å². The highest BCUT2D eigenvalue weighted by molar-refractivity contribution is 5.70. The van der Waals surface area contributed by atoms with Gasteiger partial charge in [-0.25, -0.2) is 13.6 Å². The molecule has 1 saturated heterocycles. The lowest BCUT2D eigenvalue weighted by molar-refractivity contribution is -0.104. The zero-order chi connectivity index (χ0) is 14.0. The second kappa shape index (κ2) is 4.91. The number of para-hydroxylation sites is 1. The molecule has 1 heterocycles. The topological polar surface area (TPSA) is 56.8 Å². The number of ether oxygens (including phenoxy) is 3. The Morgan fingerprint density at radius 2 is 2.11 bits per heavy atom. The molecule has 0 saturated carbocycles. The maximum absolute atomic E-state index is 13.8. The Balaban J connectivity index is 2.47. The molecule has 0 spiro atoms. The summed E-state index contributed by atoms with van der Waals surface area (Å²) in [7, 11) is 2.75. The molecule has 0 radical (unpaired) electrons. The van der Waals surface area contributed by atoms with E-state index in [0.29, 0.717) is 5.75 Å². The minimum Gasteiger partial charge on any atom is -0.493 e. The van der Waals surface area contributed by atoms with Crippen LogP contribution in [0, 0.1) is 0 Å². The number of benzene rings is 1. The maximum atomic E-state index is 13.8. The summed E-state index contributed by atoms with van der Waals surface area (Å²) < 4.78 is 42.1. The van der Waals surface area contributed by atoms with Crippen molar-refractivity contribution in [3.63, 3.8) is 0 Å². The molecule has 2 rings (SSSR count). The second-order valence-electron chi connectivity index (χ2n) is 4.00. The SMILES string of the molecule is COc1cccc([C@@H]2NC(=O)OCC2(F)F)c1OC. The van der Waals surface area contributed by atoms with Crippen molar-refractivity contribution in [2.24, 2.45) is 0 Å². The van der Waals surface area contributed by atoms with Crippen molar-refractivity contribution < 1.29 is 27.8 Å². The molecular formula is C12H13F2NO4. The Labute approximate surface area is 108 Å². The Hall–Kier alpha value is -2.05. The van der Waals surface area contributed by atoms with Gasteiger partial charge in [0.25, 0.3) is 0 Å². The molecule has 7 heteroatoms. The van der Waals surface area contributed by atoms with Crippen LogP contribution in [0.25, 0.3) is 0 Å². The molecule has 1 aliphatic rings. The van der Waals surface area contributed by atoms with Crippen LogP contribution < -0.4 is 14.8 Å². The van der Waals surface area contributed by atoms with E-state index in [-0.39, 0.29) is 11.3 Å². The van der Waals surface area contributed by atoms with Crippen molar-refractivity contribution in [3.8, 4) is 11.5 Å². The van der Waals surface area contributed by atoms with Gasteiger partial charge in [0.15, 0.2) is 18.1 Å². The van der Waals surface area contributed by atoms with E-state index < -0.39 is 24.7 Å². The first kappa shape index (κ1) is 13.4. The van der Waals surface area contributed by atoms with Crippen LogP contribution >= 0.6 is 0 Å². The van der Waals surface area contributed by atoms with Gasteiger partial charge in [0, 0.05) is 5.56 Å². The maximum Gasteiger partial charge on any atom is 0.408 e. The summed E-state index contributed by atoms with van der Waals surface area (Å²) in [6.45, 7) is -0.968. The number of amides is 1. The van der Waals surface area contributed by atoms with Crippen LogP contribution in [0.1, 0.15) is 11.6 Å². The summed E-state index contributed by atoms with van der Waals surface area (Å²) in [5.74, 6) is -2.75. The van der Waals surface area contributed by atoms with Crippen LogP contribution in [0.4, 0.5) is 13.6 Å². The molecular weight excluding hydrogens is 260 g/mol. The molecule has 0 unspecified atom stereocenters. The van der Waals surface area contributed by atoms with E-state index in [2.05, 4.69) is 10.1 Å². The number of cyclic esters (lactones) is 1. The van der Waals surface area contributed by atoms with Crippen molar-refractivity contribution >= 4 is 6.09 Å². The summed E-state index contributed by atoms with van der Waals surface area (Å²) in [4.78, 5) is 11.1. The third kappa shape index (κ3) is 2.40. The molecule has 1 atom stereocenters. The molecule has 5 nitrogen and oxygen atoms in total. The molecule has 0 aliphatic carbocycles. The van der Waals surface area contributed by atoms with Gasteiger partial charge in [-0.3, -0.25) is 0 Å². The van der Waals surface area contributed by atoms with Gasteiger partial charge in [0.2, 0.25) is 0 Å². The number of rotatable bonds is 3. The predicted octanol–water partition coefficient (Wildman–Crippen LogP) is 2.12. The van der Waals surface area contributed by atoms with E-state index in [9.17, 15) is 13.6 Å². The Bertz CT molecular complexity index is 493. The van der Waals surface area contributed by atoms with Crippen LogP contribution in [0.2, 0.25) is 0 Å². The Kier molecular flexibility index (Phi) is 3.46. The van der Waals surface area contributed by atoms with E-state index in [1.54, 1.807) is 12.1 Å². The minimum atomic E-state index is -3.23. The lowest BCUT2D eigenvalue weighted by atomic mass is 9.98. The van der Waals surface area contributed by atoms with Crippen molar-refractivity contribution in [2.75, 3.05) is 20.8 Å². The lowest BCUT2D eigenvalue weighted by Crippen LogP contribution is -2.49. The average Bonchev–Trinajstić information content (AvgIpc) is 2.40. The smallest absolute Gasteiger partial charge is 0.408 e. The summed E-state index contributed by atoms with van der Waals surface area (Å²) in [5.41, 5.74) is 0.142. The van der Waals surface area contributed by atoms with Gasteiger partial charge in [-0.15, -0.1) is 0 Å². The van der Waals surface area contributed by atoms with Crippen LogP contribution in [-0.4, -0.2) is 32.8 Å². The van der Waals surface area contributed by atoms with Crippen LogP contribution in [0.5, 0.6) is 11.5 Å². The van der Waals surface area contributed by atoms with Gasteiger partial charge in [-0.05, 0) is 6.07 Å². The Morgan fingerprint density at radius 3 is 2.74 bits per heavy atom. The molecule has 0 bridgehead atoms. The van der Waals surface area contributed by atoms with Gasteiger partial charge in [0.05, 0.1) is 14.2 Å². The quantitative estimate of drug-likeness (QED) is 0.916. The second-order valence-corrected chi connectivity index (χ2v) is 4.00. The molecule has 1 amide bonds. The molecule has 1 aliphatic heterocycles. The fourth-order valence-corrected chi connectivity index (χ4v) is 1.95. The first-order valence-electron chi connectivity index (χ1n) is 5.51. The lowest BCUT2D eigenvalue weighted by Gasteiger charge is -2.32. The van der Waals surface area contributed by atoms with Gasteiger partial charge in [-0.2, -0.15) is 0 Å². The highest BCUT2D eigenvalue weighted by atomic mass is 19.3. The molecule has 104 valence electrons. The summed E-state index contributed by atoms with van der Waals surface area (Å²) in [6, 6.07) is 3.07. The van der Waals surface area contributed by atoms with E-state index in [1.165, 1.54) is 20.3 Å². The number of nitrogens with one attached hydrogen (secondary N) is 1. The first-order chi connectivity index (χ1) is 8.99. The summed E-state index contributed by atoms with van der Waals surface area (Å²) >= 11 is 0. The fraction of sp³-hybridized carbons (Fsp3) is 0.417. The molecule has 0 aromatic heterocycles. The molecule has 1 aromatic carbocycles. The van der Waals surface area contributed by atoms with E-state index in [1.807, 2.05) is 0 Å². The highest BCUT2D eigenvalue weighted by Crippen LogP contribution is 2.42. The number of alkyl halides is 2. The first-order valence-corrected chi connectivity index (χ1v) is 5.51. The molecule has 19 heavy (non-hydrogen) atoms. The largest absolute Gasteiger partial charge is 0.493 e. The van der Waals surface area contributed by atoms with Crippen LogP contribution in [0.3, 0.4) is 0 Å². The van der Waals surface area contributed by atoms with E-state index in [0.717, 1.165) is 0 Å². The molecule has 1 aromatic rings. The van der Waals surface area contributed by atoms with Crippen molar-refractivity contribution in [1.29, 1.82) is 0 Å². The summed E-state index contributed by atoms with van der Waals surface area (Å²) in [6.07, 6.45) is -0.888. The number of halogens is 2. The highest BCUT2D eigenvalue weighted by Gasteiger charge is 2.48. The number of carbonyl (C=O) groups is 1. The zero-order valence-corrected chi connectivity index (χ0v) is 10.4. The van der Waals surface area contributed by atoms with Crippen molar-refractivity contribution in [1.82, 2.24) is 5.32 Å². The van der Waals surface area contributed by atoms with Crippen LogP contribution in [0.15, 0.2) is 18.2 Å². The number of methoxy groups -OCH3 is 2. The third-order valence-electron chi connectivity index (χ3n) is 2.82. The van der Waals surface area contributed by atoms with Crippen molar-refractivity contribution in [2.45, 2.75) is 12.0 Å². The van der Waals surface area contributed by atoms with Gasteiger partial charge in [-0.1, -0.05) is 12.1 Å².